The van der Waals surface area contributed by atoms with E-state index < -0.39 is 0 Å². The second-order valence-corrected chi connectivity index (χ2v) is 6.64. The lowest BCUT2D eigenvalue weighted by Gasteiger charge is -2.29. The zero-order valence-electron chi connectivity index (χ0n) is 12.1. The predicted octanol–water partition coefficient (Wildman–Crippen LogP) is 1.03. The second-order valence-electron chi connectivity index (χ2n) is 5.60. The van der Waals surface area contributed by atoms with Crippen LogP contribution in [0.3, 0.4) is 0 Å². The largest absolute Gasteiger partial charge is 0.359 e. The molecule has 112 valence electrons. The molecule has 2 rings (SSSR count). The molecule has 1 saturated heterocycles. The fraction of sp³-hybridized carbons (Fsp3) is 0.786. The Bertz CT molecular complexity index is 405. The maximum absolute atomic E-state index is 12.1. The molecule has 0 aromatic carbocycles. The number of carbonyl (C=O) groups is 3. The van der Waals surface area contributed by atoms with Crippen molar-refractivity contribution in [2.75, 3.05) is 19.8 Å². The van der Waals surface area contributed by atoms with Crippen LogP contribution in [0.4, 0.5) is 0 Å². The number of thioether (sulfide) groups is 1. The molecular weight excluding hydrogens is 276 g/mol. The minimum atomic E-state index is -0.190. The molecule has 6 heteroatoms. The van der Waals surface area contributed by atoms with Crippen LogP contribution in [0.15, 0.2) is 0 Å². The normalized spacial score (nSPS) is 30.7. The van der Waals surface area contributed by atoms with Crippen LogP contribution < -0.4 is 5.32 Å². The number of nitrogens with one attached hydrogen (secondary N) is 1. The van der Waals surface area contributed by atoms with Crippen molar-refractivity contribution in [2.24, 2.45) is 11.8 Å². The number of imide groups is 1. The highest BCUT2D eigenvalue weighted by Gasteiger charge is 2.39. The highest BCUT2D eigenvalue weighted by molar-refractivity contribution is 8.00. The first-order chi connectivity index (χ1) is 9.56. The summed E-state index contributed by atoms with van der Waals surface area (Å²) in [6.07, 6.45) is 5.75. The summed E-state index contributed by atoms with van der Waals surface area (Å²) in [5, 5.41) is 2.50. The highest BCUT2D eigenvalue weighted by atomic mass is 32.2. The molecular formula is C14H22N2O3S. The molecule has 1 N–H and O–H groups in total. The summed E-state index contributed by atoms with van der Waals surface area (Å²) in [4.78, 5) is 36.9. The number of hydrogen-bond donors (Lipinski definition) is 1. The Hall–Kier alpha value is -1.04. The molecule has 1 unspecified atom stereocenters. The van der Waals surface area contributed by atoms with Gasteiger partial charge in [-0.2, -0.15) is 11.8 Å². The molecule has 0 radical (unpaired) electrons. The van der Waals surface area contributed by atoms with E-state index in [1.807, 2.05) is 6.26 Å². The van der Waals surface area contributed by atoms with Gasteiger partial charge < -0.3 is 5.32 Å². The summed E-state index contributed by atoms with van der Waals surface area (Å²) in [7, 11) is 1.67. The van der Waals surface area contributed by atoms with Crippen molar-refractivity contribution in [1.82, 2.24) is 10.2 Å². The number of rotatable bonds is 4. The molecule has 20 heavy (non-hydrogen) atoms. The van der Waals surface area contributed by atoms with Crippen molar-refractivity contribution in [2.45, 2.75) is 37.4 Å². The molecule has 1 saturated carbocycles. The molecule has 0 aromatic heterocycles. The third kappa shape index (κ3) is 3.16. The molecule has 1 heterocycles. The van der Waals surface area contributed by atoms with E-state index in [9.17, 15) is 14.4 Å². The molecule has 0 aromatic rings. The van der Waals surface area contributed by atoms with Crippen molar-refractivity contribution in [3.63, 3.8) is 0 Å². The summed E-state index contributed by atoms with van der Waals surface area (Å²) < 4.78 is 0. The van der Waals surface area contributed by atoms with E-state index in [0.29, 0.717) is 18.9 Å². The Morgan fingerprint density at radius 1 is 1.30 bits per heavy atom. The second kappa shape index (κ2) is 6.61. The summed E-state index contributed by atoms with van der Waals surface area (Å²) >= 11 is 1.45. The monoisotopic (exact) mass is 298 g/mol. The van der Waals surface area contributed by atoms with Crippen LogP contribution in [0, 0.1) is 11.8 Å². The molecule has 1 aliphatic carbocycles. The van der Waals surface area contributed by atoms with E-state index in [2.05, 4.69) is 5.32 Å². The first-order valence-corrected chi connectivity index (χ1v) is 8.44. The molecule has 5 nitrogen and oxygen atoms in total. The molecule has 0 spiro atoms. The van der Waals surface area contributed by atoms with Gasteiger partial charge in [0.25, 0.3) is 0 Å². The van der Waals surface area contributed by atoms with E-state index in [1.54, 1.807) is 7.05 Å². The van der Waals surface area contributed by atoms with Crippen LogP contribution in [0.2, 0.25) is 0 Å². The van der Waals surface area contributed by atoms with Crippen molar-refractivity contribution in [1.29, 1.82) is 0 Å². The van der Waals surface area contributed by atoms with Gasteiger partial charge in [-0.3, -0.25) is 19.3 Å². The number of likely N-dealkylation sites (tertiary alicyclic amines) is 1. The van der Waals surface area contributed by atoms with Crippen molar-refractivity contribution < 1.29 is 14.4 Å². The van der Waals surface area contributed by atoms with Gasteiger partial charge >= 0.3 is 0 Å². The number of amides is 3. The van der Waals surface area contributed by atoms with E-state index in [4.69, 9.17) is 0 Å². The highest BCUT2D eigenvalue weighted by Crippen LogP contribution is 2.31. The molecule has 2 aliphatic rings. The Kier molecular flexibility index (Phi) is 5.07. The average Bonchev–Trinajstić information content (AvgIpc) is 2.74. The minimum absolute atomic E-state index is 0.0316. The van der Waals surface area contributed by atoms with Gasteiger partial charge in [-0.15, -0.1) is 0 Å². The standard InChI is InChI=1S/C14H22N2O3S/c1-15-13(18)10-5-3-9(4-6-10)8-16-12(17)7-11(20-2)14(16)19/h9-11H,3-8H2,1-2H3,(H,15,18). The van der Waals surface area contributed by atoms with Gasteiger partial charge in [0.05, 0.1) is 5.25 Å². The van der Waals surface area contributed by atoms with Crippen molar-refractivity contribution in [3.05, 3.63) is 0 Å². The molecule has 0 bridgehead atoms. The molecule has 2 fully saturated rings. The Morgan fingerprint density at radius 3 is 2.45 bits per heavy atom. The van der Waals surface area contributed by atoms with Crippen LogP contribution in [-0.4, -0.2) is 47.7 Å². The van der Waals surface area contributed by atoms with E-state index in [0.717, 1.165) is 25.7 Å². The zero-order chi connectivity index (χ0) is 14.7. The Balaban J connectivity index is 1.85. The lowest BCUT2D eigenvalue weighted by molar-refractivity contribution is -0.139. The topological polar surface area (TPSA) is 66.5 Å². The number of carbonyl (C=O) groups excluding carboxylic acids is 3. The third-order valence-corrected chi connectivity index (χ3v) is 5.33. The van der Waals surface area contributed by atoms with E-state index in [1.165, 1.54) is 16.7 Å². The minimum Gasteiger partial charge on any atom is -0.359 e. The van der Waals surface area contributed by atoms with Gasteiger partial charge in [-0.1, -0.05) is 0 Å². The summed E-state index contributed by atoms with van der Waals surface area (Å²) in [5.74, 6) is 0.488. The van der Waals surface area contributed by atoms with Crippen LogP contribution in [0.25, 0.3) is 0 Å². The van der Waals surface area contributed by atoms with Gasteiger partial charge in [-0.25, -0.2) is 0 Å². The lowest BCUT2D eigenvalue weighted by atomic mass is 9.81. The predicted molar refractivity (Wildman–Crippen MR) is 78.2 cm³/mol. The zero-order valence-corrected chi connectivity index (χ0v) is 12.9. The summed E-state index contributed by atoms with van der Waals surface area (Å²) in [6, 6.07) is 0. The van der Waals surface area contributed by atoms with Gasteiger partial charge in [0.2, 0.25) is 17.7 Å². The van der Waals surface area contributed by atoms with Crippen LogP contribution in [0.1, 0.15) is 32.1 Å². The van der Waals surface area contributed by atoms with Gasteiger partial charge in [-0.05, 0) is 37.9 Å². The third-order valence-electron chi connectivity index (χ3n) is 4.39. The van der Waals surface area contributed by atoms with Gasteiger partial charge in [0, 0.05) is 25.9 Å². The average molecular weight is 298 g/mol. The van der Waals surface area contributed by atoms with Gasteiger partial charge in [0.15, 0.2) is 0 Å². The maximum atomic E-state index is 12.1. The number of nitrogens with zero attached hydrogens (tertiary/aromatic N) is 1. The molecule has 1 aliphatic heterocycles. The van der Waals surface area contributed by atoms with Crippen LogP contribution in [-0.2, 0) is 14.4 Å². The maximum Gasteiger partial charge on any atom is 0.242 e. The van der Waals surface area contributed by atoms with Crippen molar-refractivity contribution >= 4 is 29.5 Å². The van der Waals surface area contributed by atoms with Crippen LogP contribution >= 0.6 is 11.8 Å². The SMILES string of the molecule is CNC(=O)C1CCC(CN2C(=O)CC(SC)C2=O)CC1. The van der Waals surface area contributed by atoms with Crippen molar-refractivity contribution in [3.8, 4) is 0 Å². The fourth-order valence-electron chi connectivity index (χ4n) is 3.10. The van der Waals surface area contributed by atoms with Crippen LogP contribution in [0.5, 0.6) is 0 Å². The van der Waals surface area contributed by atoms with E-state index in [-0.39, 0.29) is 28.9 Å². The summed E-state index contributed by atoms with van der Waals surface area (Å²) in [5.41, 5.74) is 0. The van der Waals surface area contributed by atoms with Gasteiger partial charge in [0.1, 0.15) is 0 Å². The quantitative estimate of drug-likeness (QED) is 0.787. The first-order valence-electron chi connectivity index (χ1n) is 7.15. The fourth-order valence-corrected chi connectivity index (χ4v) is 3.74. The summed E-state index contributed by atoms with van der Waals surface area (Å²) in [6.45, 7) is 0.537. The lowest BCUT2D eigenvalue weighted by Crippen LogP contribution is -2.38. The Labute approximate surface area is 123 Å². The molecule has 3 amide bonds. The number of hydrogen-bond acceptors (Lipinski definition) is 4. The first kappa shape index (κ1) is 15.4. The molecule has 1 atom stereocenters. The van der Waals surface area contributed by atoms with E-state index >= 15 is 0 Å². The smallest absolute Gasteiger partial charge is 0.242 e. The Morgan fingerprint density at radius 2 is 1.95 bits per heavy atom.